The van der Waals surface area contributed by atoms with Crippen LogP contribution in [0.15, 0.2) is 18.2 Å². The number of hydrogen-bond acceptors (Lipinski definition) is 2. The molecular formula is C16H24ClNO. The Morgan fingerprint density at radius 1 is 1.32 bits per heavy atom. The molecule has 3 heteroatoms. The highest BCUT2D eigenvalue weighted by Gasteiger charge is 2.27. The Morgan fingerprint density at radius 2 is 2.05 bits per heavy atom. The molecule has 106 valence electrons. The smallest absolute Gasteiger partial charge is 0.121 e. The standard InChI is InChI=1S/C16H24ClNO/c1-11(2)12-6-3-4-8-15(12)18-10-13-14(17)7-5-9-16(13)19/h5,7,9,11-12,15,18-19H,3-4,6,8,10H2,1-2H3. The molecule has 2 rings (SSSR count). The van der Waals surface area contributed by atoms with Gasteiger partial charge in [0.2, 0.25) is 0 Å². The second kappa shape index (κ2) is 6.62. The third-order valence-electron chi connectivity index (χ3n) is 4.31. The van der Waals surface area contributed by atoms with Crippen molar-refractivity contribution >= 4 is 11.6 Å². The van der Waals surface area contributed by atoms with Gasteiger partial charge in [0.1, 0.15) is 5.75 Å². The molecule has 19 heavy (non-hydrogen) atoms. The summed E-state index contributed by atoms with van der Waals surface area (Å²) in [7, 11) is 0. The van der Waals surface area contributed by atoms with Gasteiger partial charge in [-0.2, -0.15) is 0 Å². The van der Waals surface area contributed by atoms with Crippen LogP contribution in [0.4, 0.5) is 0 Å². The first-order chi connectivity index (χ1) is 9.09. The zero-order valence-corrected chi connectivity index (χ0v) is 12.6. The molecule has 0 radical (unpaired) electrons. The molecule has 1 aliphatic rings. The Morgan fingerprint density at radius 3 is 2.74 bits per heavy atom. The highest BCUT2D eigenvalue weighted by atomic mass is 35.5. The summed E-state index contributed by atoms with van der Waals surface area (Å²) in [6.07, 6.45) is 5.19. The van der Waals surface area contributed by atoms with E-state index in [1.165, 1.54) is 25.7 Å². The van der Waals surface area contributed by atoms with Crippen molar-refractivity contribution in [2.45, 2.75) is 52.1 Å². The van der Waals surface area contributed by atoms with Crippen molar-refractivity contribution in [2.24, 2.45) is 11.8 Å². The summed E-state index contributed by atoms with van der Waals surface area (Å²) in [5.74, 6) is 1.73. The van der Waals surface area contributed by atoms with Crippen LogP contribution in [-0.4, -0.2) is 11.1 Å². The fourth-order valence-corrected chi connectivity index (χ4v) is 3.40. The lowest BCUT2D eigenvalue weighted by atomic mass is 9.78. The summed E-state index contributed by atoms with van der Waals surface area (Å²) >= 11 is 6.15. The molecule has 1 aliphatic carbocycles. The molecule has 2 N–H and O–H groups in total. The average Bonchev–Trinajstić information content (AvgIpc) is 2.38. The molecule has 1 aromatic rings. The SMILES string of the molecule is CC(C)C1CCCCC1NCc1c(O)cccc1Cl. The van der Waals surface area contributed by atoms with E-state index in [4.69, 9.17) is 11.6 Å². The predicted molar refractivity (Wildman–Crippen MR) is 80.5 cm³/mol. The molecular weight excluding hydrogens is 258 g/mol. The molecule has 0 aromatic heterocycles. The van der Waals surface area contributed by atoms with E-state index in [0.29, 0.717) is 23.5 Å². The molecule has 0 spiro atoms. The van der Waals surface area contributed by atoms with Crippen LogP contribution in [0, 0.1) is 11.8 Å². The van der Waals surface area contributed by atoms with E-state index < -0.39 is 0 Å². The number of benzene rings is 1. The van der Waals surface area contributed by atoms with Crippen molar-refractivity contribution in [2.75, 3.05) is 0 Å². The minimum absolute atomic E-state index is 0.289. The van der Waals surface area contributed by atoms with E-state index in [1.807, 2.05) is 6.07 Å². The van der Waals surface area contributed by atoms with E-state index in [1.54, 1.807) is 12.1 Å². The third-order valence-corrected chi connectivity index (χ3v) is 4.66. The van der Waals surface area contributed by atoms with Gasteiger partial charge in [0.15, 0.2) is 0 Å². The minimum atomic E-state index is 0.289. The number of aromatic hydroxyl groups is 1. The van der Waals surface area contributed by atoms with Gasteiger partial charge >= 0.3 is 0 Å². The van der Waals surface area contributed by atoms with Crippen LogP contribution < -0.4 is 5.32 Å². The Hall–Kier alpha value is -0.730. The van der Waals surface area contributed by atoms with Gasteiger partial charge in [-0.05, 0) is 36.8 Å². The number of nitrogens with one attached hydrogen (secondary N) is 1. The zero-order valence-electron chi connectivity index (χ0n) is 11.8. The van der Waals surface area contributed by atoms with Crippen molar-refractivity contribution in [3.63, 3.8) is 0 Å². The summed E-state index contributed by atoms with van der Waals surface area (Å²) in [5.41, 5.74) is 0.817. The molecule has 0 heterocycles. The molecule has 0 bridgehead atoms. The second-order valence-electron chi connectivity index (χ2n) is 5.92. The number of phenolic OH excluding ortho intramolecular Hbond substituents is 1. The van der Waals surface area contributed by atoms with Gasteiger partial charge in [0, 0.05) is 23.2 Å². The summed E-state index contributed by atoms with van der Waals surface area (Å²) in [5, 5.41) is 14.1. The average molecular weight is 282 g/mol. The van der Waals surface area contributed by atoms with E-state index in [9.17, 15) is 5.11 Å². The van der Waals surface area contributed by atoms with Gasteiger partial charge in [-0.1, -0.05) is 44.4 Å². The molecule has 2 nitrogen and oxygen atoms in total. The largest absolute Gasteiger partial charge is 0.508 e. The number of halogens is 1. The number of rotatable bonds is 4. The summed E-state index contributed by atoms with van der Waals surface area (Å²) in [4.78, 5) is 0. The van der Waals surface area contributed by atoms with Gasteiger partial charge in [-0.15, -0.1) is 0 Å². The maximum absolute atomic E-state index is 9.87. The molecule has 0 saturated heterocycles. The van der Waals surface area contributed by atoms with E-state index >= 15 is 0 Å². The molecule has 1 aromatic carbocycles. The highest BCUT2D eigenvalue weighted by molar-refractivity contribution is 6.31. The summed E-state index contributed by atoms with van der Waals surface area (Å²) in [6, 6.07) is 5.85. The summed E-state index contributed by atoms with van der Waals surface area (Å²) in [6.45, 7) is 5.26. The van der Waals surface area contributed by atoms with Crippen molar-refractivity contribution < 1.29 is 5.11 Å². The fraction of sp³-hybridized carbons (Fsp3) is 0.625. The highest BCUT2D eigenvalue weighted by Crippen LogP contribution is 2.31. The Labute approximate surface area is 121 Å². The Bertz CT molecular complexity index is 399. The molecule has 2 atom stereocenters. The topological polar surface area (TPSA) is 32.3 Å². The lowest BCUT2D eigenvalue weighted by molar-refractivity contribution is 0.204. The minimum Gasteiger partial charge on any atom is -0.508 e. The van der Waals surface area contributed by atoms with Crippen LogP contribution in [0.5, 0.6) is 5.75 Å². The predicted octanol–water partition coefficient (Wildman–Crippen LogP) is 4.35. The first-order valence-electron chi connectivity index (χ1n) is 7.29. The number of hydrogen-bond donors (Lipinski definition) is 2. The molecule has 1 saturated carbocycles. The molecule has 0 amide bonds. The van der Waals surface area contributed by atoms with Crippen LogP contribution in [-0.2, 0) is 6.54 Å². The first-order valence-corrected chi connectivity index (χ1v) is 7.67. The third kappa shape index (κ3) is 3.64. The van der Waals surface area contributed by atoms with Gasteiger partial charge in [0.25, 0.3) is 0 Å². The van der Waals surface area contributed by atoms with Gasteiger partial charge in [-0.25, -0.2) is 0 Å². The lowest BCUT2D eigenvalue weighted by Gasteiger charge is -2.35. The maximum Gasteiger partial charge on any atom is 0.121 e. The Balaban J connectivity index is 2.00. The van der Waals surface area contributed by atoms with Crippen LogP contribution in [0.3, 0.4) is 0 Å². The van der Waals surface area contributed by atoms with Crippen LogP contribution in [0.25, 0.3) is 0 Å². The fourth-order valence-electron chi connectivity index (χ4n) is 3.17. The molecule has 0 aliphatic heterocycles. The van der Waals surface area contributed by atoms with Crippen molar-refractivity contribution in [1.29, 1.82) is 0 Å². The van der Waals surface area contributed by atoms with Gasteiger partial charge in [0.05, 0.1) is 0 Å². The van der Waals surface area contributed by atoms with Gasteiger partial charge in [-0.3, -0.25) is 0 Å². The normalized spacial score (nSPS) is 23.8. The quantitative estimate of drug-likeness (QED) is 0.860. The Kier molecular flexibility index (Phi) is 5.12. The zero-order chi connectivity index (χ0) is 13.8. The van der Waals surface area contributed by atoms with Crippen LogP contribution in [0.2, 0.25) is 5.02 Å². The van der Waals surface area contributed by atoms with Crippen molar-refractivity contribution in [1.82, 2.24) is 5.32 Å². The van der Waals surface area contributed by atoms with E-state index in [2.05, 4.69) is 19.2 Å². The monoisotopic (exact) mass is 281 g/mol. The van der Waals surface area contributed by atoms with Gasteiger partial charge < -0.3 is 10.4 Å². The maximum atomic E-state index is 9.87. The molecule has 1 fully saturated rings. The lowest BCUT2D eigenvalue weighted by Crippen LogP contribution is -2.40. The van der Waals surface area contributed by atoms with E-state index in [-0.39, 0.29) is 5.75 Å². The van der Waals surface area contributed by atoms with Crippen LogP contribution in [0.1, 0.15) is 45.1 Å². The van der Waals surface area contributed by atoms with Crippen molar-refractivity contribution in [3.05, 3.63) is 28.8 Å². The number of phenols is 1. The first kappa shape index (κ1) is 14.7. The molecule has 2 unspecified atom stereocenters. The summed E-state index contributed by atoms with van der Waals surface area (Å²) < 4.78 is 0. The van der Waals surface area contributed by atoms with Crippen molar-refractivity contribution in [3.8, 4) is 5.75 Å². The van der Waals surface area contributed by atoms with E-state index in [0.717, 1.165) is 11.5 Å². The second-order valence-corrected chi connectivity index (χ2v) is 6.32. The van der Waals surface area contributed by atoms with Crippen LogP contribution >= 0.6 is 11.6 Å².